The minimum Gasteiger partial charge on any atom is -0.456 e. The molecule has 0 aromatic rings. The van der Waals surface area contributed by atoms with Crippen LogP contribution in [0.1, 0.15) is 41.0 Å². The van der Waals surface area contributed by atoms with Crippen LogP contribution in [0.2, 0.25) is 0 Å². The molecule has 0 aliphatic rings. The van der Waals surface area contributed by atoms with Gasteiger partial charge in [-0.2, -0.15) is 0 Å². The summed E-state index contributed by atoms with van der Waals surface area (Å²) in [5.74, 6) is -1.13. The highest BCUT2D eigenvalue weighted by Crippen LogP contribution is 2.49. The number of rotatable bonds is 12. The maximum Gasteiger partial charge on any atom is 0.330 e. The number of hydrogen-bond acceptors (Lipinski definition) is 8. The van der Waals surface area contributed by atoms with Crippen molar-refractivity contribution in [3.8, 4) is 0 Å². The normalized spacial score (nSPS) is 14.1. The molecule has 0 aromatic heterocycles. The Morgan fingerprint density at radius 2 is 1.43 bits per heavy atom. The number of ether oxygens (including phenoxy) is 3. The fraction of sp³-hybridized carbons (Fsp3) is 0.857. The van der Waals surface area contributed by atoms with Crippen LogP contribution in [0.5, 0.6) is 0 Å². The van der Waals surface area contributed by atoms with Crippen LogP contribution < -0.4 is 0 Å². The quantitative estimate of drug-likeness (QED) is 0.299. The summed E-state index contributed by atoms with van der Waals surface area (Å²) < 4.78 is 38.3. The van der Waals surface area contributed by atoms with Gasteiger partial charge in [0.1, 0.15) is 0 Å². The molecule has 0 spiro atoms. The lowest BCUT2D eigenvalue weighted by molar-refractivity contribution is -0.210. The molecule has 9 heteroatoms. The van der Waals surface area contributed by atoms with Gasteiger partial charge in [-0.25, -0.2) is 0 Å². The number of esters is 2. The molecule has 136 valence electrons. The molecule has 0 unspecified atom stereocenters. The van der Waals surface area contributed by atoms with E-state index in [1.54, 1.807) is 20.8 Å². The minimum atomic E-state index is -3.30. The molecule has 0 N–H and O–H groups in total. The van der Waals surface area contributed by atoms with E-state index in [0.29, 0.717) is 0 Å². The Morgan fingerprint density at radius 3 is 1.83 bits per heavy atom. The first-order valence-electron chi connectivity index (χ1n) is 7.62. The predicted octanol–water partition coefficient (Wildman–Crippen LogP) is 2.50. The zero-order chi connectivity index (χ0) is 17.9. The second kappa shape index (κ2) is 11.6. The van der Waals surface area contributed by atoms with Crippen molar-refractivity contribution in [1.82, 2.24) is 0 Å². The fourth-order valence-electron chi connectivity index (χ4n) is 1.85. The van der Waals surface area contributed by atoms with Crippen molar-refractivity contribution in [3.05, 3.63) is 0 Å². The SMILES string of the molecule is CCO[C@H](OC(C)=O)[C@H](CCP(=O)(OCC)OCC)OC(C)=O. The van der Waals surface area contributed by atoms with Gasteiger partial charge in [0.2, 0.25) is 6.29 Å². The lowest BCUT2D eigenvalue weighted by atomic mass is 10.2. The third kappa shape index (κ3) is 9.71. The van der Waals surface area contributed by atoms with Crippen molar-refractivity contribution < 1.29 is 37.4 Å². The smallest absolute Gasteiger partial charge is 0.330 e. The van der Waals surface area contributed by atoms with E-state index in [-0.39, 0.29) is 32.4 Å². The highest BCUT2D eigenvalue weighted by Gasteiger charge is 2.32. The van der Waals surface area contributed by atoms with Crippen molar-refractivity contribution >= 4 is 19.5 Å². The summed E-state index contributed by atoms with van der Waals surface area (Å²) in [5.41, 5.74) is 0. The summed E-state index contributed by atoms with van der Waals surface area (Å²) in [6.45, 7) is 8.30. The summed E-state index contributed by atoms with van der Waals surface area (Å²) in [7, 11) is -3.30. The summed E-state index contributed by atoms with van der Waals surface area (Å²) in [5, 5.41) is 0. The van der Waals surface area contributed by atoms with Gasteiger partial charge >= 0.3 is 19.5 Å². The summed E-state index contributed by atoms with van der Waals surface area (Å²) in [6.07, 6.45) is -1.85. The molecule has 0 amide bonds. The van der Waals surface area contributed by atoms with Crippen molar-refractivity contribution in [2.24, 2.45) is 0 Å². The van der Waals surface area contributed by atoms with Crippen LogP contribution in [0.15, 0.2) is 0 Å². The van der Waals surface area contributed by atoms with E-state index in [1.807, 2.05) is 0 Å². The molecule has 0 saturated carbocycles. The van der Waals surface area contributed by atoms with Gasteiger partial charge < -0.3 is 23.3 Å². The van der Waals surface area contributed by atoms with E-state index in [0.717, 1.165) is 0 Å². The van der Waals surface area contributed by atoms with Crippen molar-refractivity contribution in [1.29, 1.82) is 0 Å². The highest BCUT2D eigenvalue weighted by molar-refractivity contribution is 7.53. The van der Waals surface area contributed by atoms with E-state index < -0.39 is 31.9 Å². The molecule has 0 bridgehead atoms. The van der Waals surface area contributed by atoms with Crippen LogP contribution in [0.3, 0.4) is 0 Å². The monoisotopic (exact) mass is 354 g/mol. The molecule has 0 heterocycles. The van der Waals surface area contributed by atoms with Crippen molar-refractivity contribution in [2.75, 3.05) is 26.0 Å². The van der Waals surface area contributed by atoms with E-state index >= 15 is 0 Å². The van der Waals surface area contributed by atoms with Crippen LogP contribution in [0.25, 0.3) is 0 Å². The number of hydrogen-bond donors (Lipinski definition) is 0. The maximum absolute atomic E-state index is 12.5. The molecule has 0 aliphatic heterocycles. The van der Waals surface area contributed by atoms with Crippen LogP contribution in [-0.4, -0.2) is 50.3 Å². The Labute approximate surface area is 137 Å². The van der Waals surface area contributed by atoms with Gasteiger partial charge in [0.05, 0.1) is 19.4 Å². The molecular weight excluding hydrogens is 327 g/mol. The van der Waals surface area contributed by atoms with Crippen molar-refractivity contribution in [3.63, 3.8) is 0 Å². The predicted molar refractivity (Wildman–Crippen MR) is 83.1 cm³/mol. The van der Waals surface area contributed by atoms with E-state index in [4.69, 9.17) is 23.3 Å². The lowest BCUT2D eigenvalue weighted by Gasteiger charge is -2.27. The van der Waals surface area contributed by atoms with Gasteiger partial charge in [-0.3, -0.25) is 14.2 Å². The molecule has 0 aliphatic carbocycles. The first kappa shape index (κ1) is 22.1. The molecule has 0 rings (SSSR count). The molecule has 0 saturated heterocycles. The van der Waals surface area contributed by atoms with E-state index in [2.05, 4.69) is 0 Å². The largest absolute Gasteiger partial charge is 0.456 e. The maximum atomic E-state index is 12.5. The second-order valence-electron chi connectivity index (χ2n) is 4.54. The average molecular weight is 354 g/mol. The molecule has 2 atom stereocenters. The Morgan fingerprint density at radius 1 is 0.913 bits per heavy atom. The van der Waals surface area contributed by atoms with Gasteiger partial charge in [0, 0.05) is 26.9 Å². The summed E-state index contributed by atoms with van der Waals surface area (Å²) in [4.78, 5) is 22.5. The summed E-state index contributed by atoms with van der Waals surface area (Å²) in [6, 6.07) is 0. The van der Waals surface area contributed by atoms with Gasteiger partial charge in [-0.1, -0.05) is 0 Å². The molecule has 8 nitrogen and oxygen atoms in total. The lowest BCUT2D eigenvalue weighted by Crippen LogP contribution is -2.37. The molecule has 23 heavy (non-hydrogen) atoms. The van der Waals surface area contributed by atoms with Crippen molar-refractivity contribution in [2.45, 2.75) is 53.4 Å². The third-order valence-electron chi connectivity index (χ3n) is 2.57. The molecule has 0 aromatic carbocycles. The third-order valence-corrected chi connectivity index (χ3v) is 4.68. The fourth-order valence-corrected chi connectivity index (χ4v) is 3.54. The standard InChI is InChI=1S/C14H27O8P/c1-6-18-14(22-12(5)16)13(21-11(4)15)9-10-23(17,19-7-2)20-8-3/h13-14H,6-10H2,1-5H3/t13-,14+/m0/s1. The van der Waals surface area contributed by atoms with Gasteiger partial charge in [0.15, 0.2) is 6.10 Å². The Balaban J connectivity index is 5.02. The summed E-state index contributed by atoms with van der Waals surface area (Å²) >= 11 is 0. The minimum absolute atomic E-state index is 0.0114. The van der Waals surface area contributed by atoms with Crippen LogP contribution in [0, 0.1) is 0 Å². The zero-order valence-electron chi connectivity index (χ0n) is 14.4. The van der Waals surface area contributed by atoms with Crippen LogP contribution in [-0.2, 0) is 37.4 Å². The van der Waals surface area contributed by atoms with Crippen LogP contribution >= 0.6 is 7.60 Å². The van der Waals surface area contributed by atoms with E-state index in [1.165, 1.54) is 13.8 Å². The van der Waals surface area contributed by atoms with Gasteiger partial charge in [0.25, 0.3) is 0 Å². The molecule has 0 radical (unpaired) electrons. The Hall–Kier alpha value is -0.950. The Kier molecular flexibility index (Phi) is 11.1. The molecule has 0 fully saturated rings. The average Bonchev–Trinajstić information content (AvgIpc) is 2.43. The van der Waals surface area contributed by atoms with E-state index in [9.17, 15) is 14.2 Å². The Bertz CT molecular complexity index is 402. The highest BCUT2D eigenvalue weighted by atomic mass is 31.2. The van der Waals surface area contributed by atoms with Gasteiger partial charge in [-0.15, -0.1) is 0 Å². The first-order chi connectivity index (χ1) is 10.8. The first-order valence-corrected chi connectivity index (χ1v) is 9.34. The second-order valence-corrected chi connectivity index (χ2v) is 6.73. The van der Waals surface area contributed by atoms with Gasteiger partial charge in [-0.05, 0) is 20.8 Å². The molecular formula is C14H27O8P. The van der Waals surface area contributed by atoms with Crippen LogP contribution in [0.4, 0.5) is 0 Å². The topological polar surface area (TPSA) is 97.4 Å². The zero-order valence-corrected chi connectivity index (χ0v) is 15.3. The number of carbonyl (C=O) groups is 2. The number of carbonyl (C=O) groups excluding carboxylic acids is 2.